The van der Waals surface area contributed by atoms with Crippen molar-refractivity contribution in [2.75, 3.05) is 0 Å². The maximum absolute atomic E-state index is 12.2. The van der Waals surface area contributed by atoms with Gasteiger partial charge in [-0.1, -0.05) is 22.9 Å². The molecule has 3 aromatic rings. The zero-order valence-corrected chi connectivity index (χ0v) is 14.0. The molecule has 1 aromatic carbocycles. The van der Waals surface area contributed by atoms with Crippen LogP contribution in [0.2, 0.25) is 0 Å². The maximum Gasteiger partial charge on any atom is 0.342 e. The third kappa shape index (κ3) is 3.65. The normalized spacial score (nSPS) is 10.7. The summed E-state index contributed by atoms with van der Waals surface area (Å²) in [6.07, 6.45) is 0. The quantitative estimate of drug-likeness (QED) is 0.674. The number of aromatic nitrogens is 2. The molecule has 0 aliphatic carbocycles. The van der Waals surface area contributed by atoms with Gasteiger partial charge in [0.2, 0.25) is 5.82 Å². The number of rotatable bonds is 4. The van der Waals surface area contributed by atoms with Crippen LogP contribution in [0, 0.1) is 20.8 Å². The summed E-state index contributed by atoms with van der Waals surface area (Å²) in [4.78, 5) is 27.7. The van der Waals surface area contributed by atoms with E-state index in [1.807, 2.05) is 31.2 Å². The lowest BCUT2D eigenvalue weighted by atomic mass is 10.1. The fourth-order valence-corrected chi connectivity index (χ4v) is 2.39. The topological polar surface area (TPSA) is 95.4 Å². The van der Waals surface area contributed by atoms with Crippen molar-refractivity contribution in [1.29, 1.82) is 0 Å². The highest BCUT2D eigenvalue weighted by molar-refractivity contribution is 5.91. The molecule has 0 amide bonds. The average molecular weight is 340 g/mol. The summed E-state index contributed by atoms with van der Waals surface area (Å²) in [6, 6.07) is 8.87. The van der Waals surface area contributed by atoms with E-state index in [4.69, 9.17) is 13.7 Å². The molecule has 0 unspecified atom stereocenters. The van der Waals surface area contributed by atoms with E-state index >= 15 is 0 Å². The number of hydrogen-bond acceptors (Lipinski definition) is 7. The molecule has 128 valence electrons. The molecule has 0 atom stereocenters. The Bertz CT molecular complexity index is 944. The van der Waals surface area contributed by atoms with Crippen molar-refractivity contribution >= 4 is 5.97 Å². The lowest BCUT2D eigenvalue weighted by Gasteiger charge is -2.06. The molecule has 0 bridgehead atoms. The van der Waals surface area contributed by atoms with Crippen LogP contribution >= 0.6 is 0 Å². The van der Waals surface area contributed by atoms with Crippen LogP contribution in [-0.2, 0) is 11.3 Å². The summed E-state index contributed by atoms with van der Waals surface area (Å²) in [5.41, 5.74) is 2.12. The second kappa shape index (κ2) is 6.72. The Balaban J connectivity index is 1.71. The maximum atomic E-state index is 12.2. The minimum absolute atomic E-state index is 0.147. The van der Waals surface area contributed by atoms with Gasteiger partial charge in [0.15, 0.2) is 6.61 Å². The van der Waals surface area contributed by atoms with Gasteiger partial charge in [-0.2, -0.15) is 4.98 Å². The Morgan fingerprint density at radius 3 is 2.56 bits per heavy atom. The van der Waals surface area contributed by atoms with Crippen LogP contribution in [0.5, 0.6) is 0 Å². The van der Waals surface area contributed by atoms with Gasteiger partial charge in [0.05, 0.1) is 0 Å². The van der Waals surface area contributed by atoms with Crippen molar-refractivity contribution < 1.29 is 18.5 Å². The predicted molar refractivity (Wildman–Crippen MR) is 88.0 cm³/mol. The largest absolute Gasteiger partial charge is 0.454 e. The monoisotopic (exact) mass is 340 g/mol. The van der Waals surface area contributed by atoms with Crippen LogP contribution in [0.25, 0.3) is 11.5 Å². The van der Waals surface area contributed by atoms with Crippen LogP contribution in [0.3, 0.4) is 0 Å². The molecule has 0 radical (unpaired) electrons. The fraction of sp³-hybridized carbons (Fsp3) is 0.222. The zero-order valence-electron chi connectivity index (χ0n) is 14.0. The molecule has 0 saturated carbocycles. The van der Waals surface area contributed by atoms with E-state index in [0.29, 0.717) is 11.5 Å². The number of hydrogen-bond donors (Lipinski definition) is 0. The van der Waals surface area contributed by atoms with Gasteiger partial charge < -0.3 is 13.7 Å². The molecular weight excluding hydrogens is 324 g/mol. The first-order valence-corrected chi connectivity index (χ1v) is 7.62. The van der Waals surface area contributed by atoms with Crippen molar-refractivity contribution in [3.8, 4) is 11.5 Å². The van der Waals surface area contributed by atoms with E-state index in [1.165, 1.54) is 13.0 Å². The smallest absolute Gasteiger partial charge is 0.342 e. The fourth-order valence-electron chi connectivity index (χ4n) is 2.39. The third-order valence-corrected chi connectivity index (χ3v) is 3.64. The predicted octanol–water partition coefficient (Wildman–Crippen LogP) is 2.97. The number of aryl methyl sites for hydroxylation is 3. The molecule has 0 aliphatic heterocycles. The molecule has 7 heteroatoms. The van der Waals surface area contributed by atoms with Gasteiger partial charge in [-0.25, -0.2) is 9.59 Å². The summed E-state index contributed by atoms with van der Waals surface area (Å²) >= 11 is 0. The molecule has 0 saturated heterocycles. The summed E-state index contributed by atoms with van der Waals surface area (Å²) < 4.78 is 15.3. The first-order chi connectivity index (χ1) is 11.9. The van der Waals surface area contributed by atoms with Gasteiger partial charge in [-0.05, 0) is 38.5 Å². The van der Waals surface area contributed by atoms with Crippen LogP contribution in [-0.4, -0.2) is 16.1 Å². The number of esters is 1. The molecule has 7 nitrogen and oxygen atoms in total. The number of nitrogens with zero attached hydrogens (tertiary/aromatic N) is 2. The summed E-state index contributed by atoms with van der Waals surface area (Å²) in [5, 5.41) is 3.80. The number of carbonyl (C=O) groups excluding carboxylic acids is 1. The second-order valence-electron chi connectivity index (χ2n) is 5.64. The van der Waals surface area contributed by atoms with Crippen molar-refractivity contribution in [3.63, 3.8) is 0 Å². The van der Waals surface area contributed by atoms with Crippen molar-refractivity contribution in [2.24, 2.45) is 0 Å². The van der Waals surface area contributed by atoms with E-state index in [2.05, 4.69) is 10.1 Å². The van der Waals surface area contributed by atoms with Crippen molar-refractivity contribution in [2.45, 2.75) is 27.4 Å². The average Bonchev–Trinajstić information content (AvgIpc) is 3.01. The Kier molecular flexibility index (Phi) is 4.47. The summed E-state index contributed by atoms with van der Waals surface area (Å²) in [6.45, 7) is 5.02. The third-order valence-electron chi connectivity index (χ3n) is 3.64. The van der Waals surface area contributed by atoms with Crippen LogP contribution in [0.15, 0.2) is 44.1 Å². The highest BCUT2D eigenvalue weighted by Crippen LogP contribution is 2.18. The minimum atomic E-state index is -0.611. The lowest BCUT2D eigenvalue weighted by molar-refractivity contribution is 0.0454. The molecule has 2 heterocycles. The summed E-state index contributed by atoms with van der Waals surface area (Å²) in [7, 11) is 0. The van der Waals surface area contributed by atoms with Gasteiger partial charge in [0.25, 0.3) is 5.89 Å². The SMILES string of the molecule is Cc1ccc(-c2nc(COC(=O)c3c(C)cc(=O)oc3C)no2)cc1. The van der Waals surface area contributed by atoms with Crippen molar-refractivity contribution in [3.05, 3.63) is 69.0 Å². The van der Waals surface area contributed by atoms with Gasteiger partial charge in [-0.15, -0.1) is 0 Å². The molecule has 0 N–H and O–H groups in total. The lowest BCUT2D eigenvalue weighted by Crippen LogP contribution is -2.13. The Labute approximate surface area is 143 Å². The Morgan fingerprint density at radius 1 is 1.16 bits per heavy atom. The summed E-state index contributed by atoms with van der Waals surface area (Å²) in [5.74, 6) is 0.199. The van der Waals surface area contributed by atoms with E-state index in [0.717, 1.165) is 11.1 Å². The molecule has 0 fully saturated rings. The Hall–Kier alpha value is -3.22. The van der Waals surface area contributed by atoms with E-state index in [-0.39, 0.29) is 23.8 Å². The number of benzene rings is 1. The van der Waals surface area contributed by atoms with Gasteiger partial charge in [-0.3, -0.25) is 0 Å². The standard InChI is InChI=1S/C18H16N2O5/c1-10-4-6-13(7-5-10)17-19-14(20-25-17)9-23-18(22)16-11(2)8-15(21)24-12(16)3/h4-8H,9H2,1-3H3. The van der Waals surface area contributed by atoms with Gasteiger partial charge in [0.1, 0.15) is 11.3 Å². The molecule has 25 heavy (non-hydrogen) atoms. The van der Waals surface area contributed by atoms with Crippen LogP contribution in [0.4, 0.5) is 0 Å². The zero-order chi connectivity index (χ0) is 18.0. The van der Waals surface area contributed by atoms with Crippen LogP contribution in [0.1, 0.15) is 33.1 Å². The first kappa shape index (κ1) is 16.6. The molecular formula is C18H16N2O5. The number of carbonyl (C=O) groups is 1. The highest BCUT2D eigenvalue weighted by Gasteiger charge is 2.18. The van der Waals surface area contributed by atoms with E-state index in [1.54, 1.807) is 6.92 Å². The molecule has 0 spiro atoms. The molecule has 0 aliphatic rings. The van der Waals surface area contributed by atoms with Crippen LogP contribution < -0.4 is 5.63 Å². The van der Waals surface area contributed by atoms with E-state index in [9.17, 15) is 9.59 Å². The minimum Gasteiger partial charge on any atom is -0.454 e. The number of ether oxygens (including phenoxy) is 1. The second-order valence-corrected chi connectivity index (χ2v) is 5.64. The Morgan fingerprint density at radius 2 is 1.88 bits per heavy atom. The highest BCUT2D eigenvalue weighted by atomic mass is 16.5. The molecule has 3 rings (SSSR count). The molecule has 2 aromatic heterocycles. The first-order valence-electron chi connectivity index (χ1n) is 7.62. The van der Waals surface area contributed by atoms with Gasteiger partial charge in [0, 0.05) is 11.6 Å². The van der Waals surface area contributed by atoms with Gasteiger partial charge >= 0.3 is 11.6 Å². The van der Waals surface area contributed by atoms with E-state index < -0.39 is 11.6 Å². The van der Waals surface area contributed by atoms with Crippen molar-refractivity contribution in [1.82, 2.24) is 10.1 Å².